The van der Waals surface area contributed by atoms with Crippen molar-refractivity contribution < 1.29 is 9.53 Å². The number of nitrogens with zero attached hydrogens (tertiary/aromatic N) is 3. The Morgan fingerprint density at radius 2 is 1.86 bits per heavy atom. The number of amides is 1. The number of benzene rings is 1. The Labute approximate surface area is 170 Å². The van der Waals surface area contributed by atoms with Crippen LogP contribution >= 0.6 is 0 Å². The number of pyridine rings is 1. The molecule has 0 atom stereocenters. The number of rotatable bonds is 5. The molecule has 3 aromatic rings. The van der Waals surface area contributed by atoms with Gasteiger partial charge in [0.25, 0.3) is 5.91 Å². The van der Waals surface area contributed by atoms with Gasteiger partial charge in [-0.15, -0.1) is 0 Å². The molecule has 0 spiro atoms. The molecule has 6 heteroatoms. The minimum atomic E-state index is -0.232. The molecule has 1 aromatic carbocycles. The normalized spacial score (nSPS) is 13.9. The van der Waals surface area contributed by atoms with Gasteiger partial charge in [0.05, 0.1) is 17.4 Å². The number of carbonyl (C=O) groups is 1. The van der Waals surface area contributed by atoms with Gasteiger partial charge in [-0.2, -0.15) is 5.10 Å². The third kappa shape index (κ3) is 4.47. The Morgan fingerprint density at radius 3 is 2.45 bits per heavy atom. The van der Waals surface area contributed by atoms with Crippen molar-refractivity contribution in [3.05, 3.63) is 65.6 Å². The third-order valence-corrected chi connectivity index (χ3v) is 4.84. The van der Waals surface area contributed by atoms with Crippen LogP contribution in [0.3, 0.4) is 0 Å². The molecule has 1 amide bonds. The largest absolute Gasteiger partial charge is 0.439 e. The maximum atomic E-state index is 12.7. The SMILES string of the molecule is Cc1ccc(Oc2ccc(NC(=O)c3cc(C4CC4)n(C(C)(C)C)n3)cn2)cc1. The summed E-state index contributed by atoms with van der Waals surface area (Å²) < 4.78 is 7.71. The van der Waals surface area contributed by atoms with Crippen LogP contribution in [-0.4, -0.2) is 20.7 Å². The average molecular weight is 390 g/mol. The second-order valence-electron chi connectivity index (χ2n) is 8.57. The Bertz CT molecular complexity index is 1010. The second-order valence-corrected chi connectivity index (χ2v) is 8.57. The van der Waals surface area contributed by atoms with Crippen LogP contribution < -0.4 is 10.1 Å². The number of hydrogen-bond acceptors (Lipinski definition) is 4. The van der Waals surface area contributed by atoms with Crippen molar-refractivity contribution in [3.63, 3.8) is 0 Å². The number of aromatic nitrogens is 3. The lowest BCUT2D eigenvalue weighted by Crippen LogP contribution is -2.25. The van der Waals surface area contributed by atoms with E-state index in [0.717, 1.165) is 24.3 Å². The van der Waals surface area contributed by atoms with E-state index in [1.807, 2.05) is 41.9 Å². The maximum absolute atomic E-state index is 12.7. The standard InChI is InChI=1S/C23H26N4O2/c1-15-5-10-18(11-6-15)29-21-12-9-17(14-24-21)25-22(28)19-13-20(16-7-8-16)27(26-19)23(2,3)4/h5-6,9-14,16H,7-8H2,1-4H3,(H,25,28). The molecular formula is C23H26N4O2. The summed E-state index contributed by atoms with van der Waals surface area (Å²) in [5.41, 5.74) is 3.18. The molecule has 0 unspecified atom stereocenters. The minimum absolute atomic E-state index is 0.160. The van der Waals surface area contributed by atoms with Gasteiger partial charge in [0.1, 0.15) is 5.75 Å². The highest BCUT2D eigenvalue weighted by molar-refractivity contribution is 6.02. The van der Waals surface area contributed by atoms with Gasteiger partial charge in [-0.25, -0.2) is 4.98 Å². The van der Waals surface area contributed by atoms with Crippen molar-refractivity contribution >= 4 is 11.6 Å². The molecule has 0 saturated heterocycles. The van der Waals surface area contributed by atoms with Crippen LogP contribution in [0, 0.1) is 6.92 Å². The van der Waals surface area contributed by atoms with Gasteiger partial charge in [-0.3, -0.25) is 9.48 Å². The number of carbonyl (C=O) groups excluding carboxylic acids is 1. The summed E-state index contributed by atoms with van der Waals surface area (Å²) in [5.74, 6) is 1.48. The molecule has 6 nitrogen and oxygen atoms in total. The molecule has 2 aromatic heterocycles. The molecule has 2 heterocycles. The van der Waals surface area contributed by atoms with Gasteiger partial charge in [0.2, 0.25) is 5.88 Å². The maximum Gasteiger partial charge on any atom is 0.276 e. The van der Waals surface area contributed by atoms with Crippen LogP contribution in [-0.2, 0) is 5.54 Å². The molecule has 1 aliphatic carbocycles. The number of nitrogens with one attached hydrogen (secondary N) is 1. The Balaban J connectivity index is 1.45. The first kappa shape index (κ1) is 19.2. The molecule has 0 radical (unpaired) electrons. The van der Waals surface area contributed by atoms with Crippen LogP contribution in [0.5, 0.6) is 11.6 Å². The molecule has 1 fully saturated rings. The van der Waals surface area contributed by atoms with E-state index < -0.39 is 0 Å². The first-order valence-electron chi connectivity index (χ1n) is 9.92. The highest BCUT2D eigenvalue weighted by atomic mass is 16.5. The summed E-state index contributed by atoms with van der Waals surface area (Å²) in [6.45, 7) is 8.33. The fourth-order valence-electron chi connectivity index (χ4n) is 3.15. The monoisotopic (exact) mass is 390 g/mol. The van der Waals surface area contributed by atoms with Gasteiger partial charge in [0.15, 0.2) is 5.69 Å². The minimum Gasteiger partial charge on any atom is -0.439 e. The number of aryl methyl sites for hydroxylation is 1. The van der Waals surface area contributed by atoms with Gasteiger partial charge >= 0.3 is 0 Å². The predicted molar refractivity (Wildman–Crippen MR) is 113 cm³/mol. The molecule has 1 aliphatic rings. The first-order chi connectivity index (χ1) is 13.8. The fourth-order valence-corrected chi connectivity index (χ4v) is 3.15. The van der Waals surface area contributed by atoms with Crippen molar-refractivity contribution in [2.75, 3.05) is 5.32 Å². The Morgan fingerprint density at radius 1 is 1.14 bits per heavy atom. The van der Waals surface area contributed by atoms with Crippen molar-refractivity contribution in [2.45, 2.75) is 52.0 Å². The predicted octanol–water partition coefficient (Wildman–Crippen LogP) is 5.26. The zero-order valence-corrected chi connectivity index (χ0v) is 17.3. The zero-order valence-electron chi connectivity index (χ0n) is 17.3. The molecular weight excluding hydrogens is 364 g/mol. The smallest absolute Gasteiger partial charge is 0.276 e. The van der Waals surface area contributed by atoms with E-state index in [9.17, 15) is 4.79 Å². The molecule has 0 bridgehead atoms. The summed E-state index contributed by atoms with van der Waals surface area (Å²) >= 11 is 0. The van der Waals surface area contributed by atoms with Crippen LogP contribution in [0.1, 0.15) is 61.3 Å². The Kier molecular flexibility index (Phi) is 4.86. The summed E-state index contributed by atoms with van der Waals surface area (Å²) in [4.78, 5) is 17.0. The molecule has 4 rings (SSSR count). The van der Waals surface area contributed by atoms with Gasteiger partial charge in [0, 0.05) is 17.7 Å². The van der Waals surface area contributed by atoms with E-state index in [1.165, 1.54) is 5.56 Å². The molecule has 1 saturated carbocycles. The van der Waals surface area contributed by atoms with Crippen LogP contribution in [0.2, 0.25) is 0 Å². The lowest BCUT2D eigenvalue weighted by molar-refractivity contribution is 0.102. The van der Waals surface area contributed by atoms with E-state index in [4.69, 9.17) is 4.74 Å². The second kappa shape index (κ2) is 7.35. The topological polar surface area (TPSA) is 69.0 Å². The van der Waals surface area contributed by atoms with Gasteiger partial charge in [-0.05, 0) is 64.8 Å². The summed E-state index contributed by atoms with van der Waals surface area (Å²) in [5, 5.41) is 7.45. The van der Waals surface area contributed by atoms with Crippen molar-refractivity contribution in [1.82, 2.24) is 14.8 Å². The lowest BCUT2D eigenvalue weighted by atomic mass is 10.1. The summed E-state index contributed by atoms with van der Waals surface area (Å²) in [6.07, 6.45) is 3.91. The van der Waals surface area contributed by atoms with E-state index in [1.54, 1.807) is 18.3 Å². The van der Waals surface area contributed by atoms with Gasteiger partial charge < -0.3 is 10.1 Å². The van der Waals surface area contributed by atoms with E-state index in [2.05, 4.69) is 36.2 Å². The highest BCUT2D eigenvalue weighted by Gasteiger charge is 2.32. The van der Waals surface area contributed by atoms with Crippen molar-refractivity contribution in [3.8, 4) is 11.6 Å². The average Bonchev–Trinajstić information content (AvgIpc) is 3.41. The van der Waals surface area contributed by atoms with Crippen molar-refractivity contribution in [1.29, 1.82) is 0 Å². The van der Waals surface area contributed by atoms with E-state index in [-0.39, 0.29) is 11.4 Å². The van der Waals surface area contributed by atoms with E-state index >= 15 is 0 Å². The van der Waals surface area contributed by atoms with Gasteiger partial charge in [-0.1, -0.05) is 17.7 Å². The fraction of sp³-hybridized carbons (Fsp3) is 0.348. The quantitative estimate of drug-likeness (QED) is 0.645. The Hall–Kier alpha value is -3.15. The molecule has 150 valence electrons. The third-order valence-electron chi connectivity index (χ3n) is 4.84. The molecule has 0 aliphatic heterocycles. The summed E-state index contributed by atoms with van der Waals surface area (Å²) in [7, 11) is 0. The first-order valence-corrected chi connectivity index (χ1v) is 9.92. The lowest BCUT2D eigenvalue weighted by Gasteiger charge is -2.22. The van der Waals surface area contributed by atoms with Crippen LogP contribution in [0.4, 0.5) is 5.69 Å². The number of ether oxygens (including phenoxy) is 1. The number of anilines is 1. The number of hydrogen-bond donors (Lipinski definition) is 1. The zero-order chi connectivity index (χ0) is 20.6. The van der Waals surface area contributed by atoms with Crippen molar-refractivity contribution in [2.24, 2.45) is 0 Å². The van der Waals surface area contributed by atoms with E-state index in [0.29, 0.717) is 23.2 Å². The molecule has 1 N–H and O–H groups in total. The highest BCUT2D eigenvalue weighted by Crippen LogP contribution is 2.41. The van der Waals surface area contributed by atoms with Crippen LogP contribution in [0.15, 0.2) is 48.7 Å². The molecule has 29 heavy (non-hydrogen) atoms. The van der Waals surface area contributed by atoms with Crippen LogP contribution in [0.25, 0.3) is 0 Å². The summed E-state index contributed by atoms with van der Waals surface area (Å²) in [6, 6.07) is 13.2.